The first-order chi connectivity index (χ1) is 9.16. The number of rotatable bonds is 5. The van der Waals surface area contributed by atoms with E-state index in [4.69, 9.17) is 0 Å². The van der Waals surface area contributed by atoms with Crippen LogP contribution in [0, 0.1) is 6.92 Å². The molecule has 3 nitrogen and oxygen atoms in total. The quantitative estimate of drug-likeness (QED) is 0.835. The van der Waals surface area contributed by atoms with Crippen molar-refractivity contribution in [2.75, 3.05) is 6.54 Å². The number of hydrogen-bond donors (Lipinski definition) is 0. The second-order valence-electron chi connectivity index (χ2n) is 4.29. The molecule has 0 saturated heterocycles. The van der Waals surface area contributed by atoms with Gasteiger partial charge in [0.2, 0.25) is 0 Å². The van der Waals surface area contributed by atoms with Gasteiger partial charge in [0, 0.05) is 18.8 Å². The average Bonchev–Trinajstić information content (AvgIpc) is 2.33. The first kappa shape index (κ1) is 16.6. The lowest BCUT2D eigenvalue weighted by atomic mass is 10.2. The van der Waals surface area contributed by atoms with E-state index in [0.717, 1.165) is 5.56 Å². The third kappa shape index (κ3) is 4.56. The van der Waals surface area contributed by atoms with Crippen molar-refractivity contribution in [1.29, 1.82) is 0 Å². The van der Waals surface area contributed by atoms with Gasteiger partial charge < -0.3 is 0 Å². The van der Waals surface area contributed by atoms with E-state index in [-0.39, 0.29) is 17.5 Å². The lowest BCUT2D eigenvalue weighted by Crippen LogP contribution is -2.27. The van der Waals surface area contributed by atoms with E-state index in [1.807, 2.05) is 0 Å². The Morgan fingerprint density at radius 2 is 1.75 bits per heavy atom. The maximum atomic E-state index is 12.3. The van der Waals surface area contributed by atoms with Gasteiger partial charge in [0.05, 0.1) is 4.90 Å². The number of nitrogens with zero attached hydrogens (tertiary/aromatic N) is 1. The fraction of sp³-hybridized carbons (Fsp3) is 0.385. The molecule has 0 atom stereocenters. The van der Waals surface area contributed by atoms with Gasteiger partial charge in [-0.15, -0.1) is 0 Å². The second-order valence-corrected chi connectivity index (χ2v) is 6.18. The molecule has 1 rings (SSSR count). The maximum Gasteiger partial charge on any atom is 0.411 e. The van der Waals surface area contributed by atoms with Crippen LogP contribution in [0.5, 0.6) is 0 Å². The number of aryl methyl sites for hydroxylation is 1. The Morgan fingerprint density at radius 1 is 1.20 bits per heavy atom. The van der Waals surface area contributed by atoms with Crippen molar-refractivity contribution in [1.82, 2.24) is 4.31 Å². The number of sulfonamides is 1. The van der Waals surface area contributed by atoms with Crippen molar-refractivity contribution < 1.29 is 21.6 Å². The van der Waals surface area contributed by atoms with Gasteiger partial charge in [0.1, 0.15) is 0 Å². The first-order valence-electron chi connectivity index (χ1n) is 6.01. The Morgan fingerprint density at radius 3 is 2.20 bits per heavy atom. The number of hydrogen-bond acceptors (Lipinski definition) is 2. The fourth-order valence-corrected chi connectivity index (χ4v) is 2.90. The normalized spacial score (nSPS) is 12.8. The molecule has 0 amide bonds. The van der Waals surface area contributed by atoms with Crippen LogP contribution in [0.3, 0.4) is 0 Å². The fourth-order valence-electron chi connectivity index (χ4n) is 1.51. The molecule has 0 bridgehead atoms. The van der Waals surface area contributed by atoms with Crippen LogP contribution in [-0.4, -0.2) is 25.4 Å². The highest BCUT2D eigenvalue weighted by molar-refractivity contribution is 7.89. The van der Waals surface area contributed by atoms with Gasteiger partial charge in [0.15, 0.2) is 0 Å². The van der Waals surface area contributed by atoms with E-state index in [1.54, 1.807) is 26.0 Å². The summed E-state index contributed by atoms with van der Waals surface area (Å²) < 4.78 is 61.8. The molecule has 1 aromatic rings. The maximum absolute atomic E-state index is 12.3. The van der Waals surface area contributed by atoms with E-state index in [1.165, 1.54) is 12.1 Å². The van der Waals surface area contributed by atoms with Crippen molar-refractivity contribution in [2.24, 2.45) is 0 Å². The number of allylic oxidation sites excluding steroid dienone is 1. The average molecular weight is 307 g/mol. The van der Waals surface area contributed by atoms with Crippen LogP contribution in [0.2, 0.25) is 0 Å². The zero-order valence-electron chi connectivity index (χ0n) is 11.2. The van der Waals surface area contributed by atoms with Gasteiger partial charge in [-0.1, -0.05) is 24.6 Å². The number of halogens is 3. The Bertz CT molecular complexity index is 562. The standard InChI is InChI=1S/C13H16F3NO2S/c1-3-9-17(10-8-13(14,15)16)20(18,19)12-6-4-11(2)5-7-12/h4-8,10H,3,9H2,1-2H3/b10-8-. The topological polar surface area (TPSA) is 37.4 Å². The minimum atomic E-state index is -4.55. The summed E-state index contributed by atoms with van der Waals surface area (Å²) in [6.45, 7) is 3.48. The van der Waals surface area contributed by atoms with Gasteiger partial charge in [-0.05, 0) is 25.5 Å². The zero-order valence-corrected chi connectivity index (χ0v) is 12.0. The molecule has 0 aromatic heterocycles. The molecular formula is C13H16F3NO2S. The van der Waals surface area contributed by atoms with E-state index in [2.05, 4.69) is 0 Å². The molecule has 0 heterocycles. The summed E-state index contributed by atoms with van der Waals surface area (Å²) in [6.07, 6.45) is -3.64. The summed E-state index contributed by atoms with van der Waals surface area (Å²) in [5.41, 5.74) is 0.872. The Hall–Kier alpha value is -1.50. The number of benzene rings is 1. The predicted octanol–water partition coefficient (Wildman–Crippen LogP) is 3.47. The van der Waals surface area contributed by atoms with E-state index in [0.29, 0.717) is 16.9 Å². The van der Waals surface area contributed by atoms with Crippen LogP contribution in [0.4, 0.5) is 13.2 Å². The smallest absolute Gasteiger partial charge is 0.273 e. The highest BCUT2D eigenvalue weighted by atomic mass is 32.2. The van der Waals surface area contributed by atoms with Gasteiger partial charge >= 0.3 is 6.18 Å². The molecule has 0 aliphatic heterocycles. The molecule has 0 spiro atoms. The van der Waals surface area contributed by atoms with Crippen molar-refractivity contribution in [3.63, 3.8) is 0 Å². The molecule has 20 heavy (non-hydrogen) atoms. The summed E-state index contributed by atoms with van der Waals surface area (Å²) >= 11 is 0. The minimum Gasteiger partial charge on any atom is -0.273 e. The summed E-state index contributed by atoms with van der Waals surface area (Å²) in [5, 5.41) is 0. The predicted molar refractivity (Wildman–Crippen MR) is 70.6 cm³/mol. The molecule has 1 aromatic carbocycles. The van der Waals surface area contributed by atoms with Gasteiger partial charge in [-0.2, -0.15) is 13.2 Å². The van der Waals surface area contributed by atoms with E-state index >= 15 is 0 Å². The molecule has 0 saturated carbocycles. The van der Waals surface area contributed by atoms with Gasteiger partial charge in [-0.25, -0.2) is 8.42 Å². The Kier molecular flexibility index (Phi) is 5.21. The Balaban J connectivity index is 3.12. The molecule has 7 heteroatoms. The molecule has 0 fully saturated rings. The number of alkyl halides is 3. The summed E-state index contributed by atoms with van der Waals surface area (Å²) in [4.78, 5) is -0.0247. The first-order valence-corrected chi connectivity index (χ1v) is 7.45. The van der Waals surface area contributed by atoms with Crippen LogP contribution < -0.4 is 0 Å². The highest BCUT2D eigenvalue weighted by Gasteiger charge is 2.26. The zero-order chi connectivity index (χ0) is 15.4. The molecule has 0 aliphatic carbocycles. The minimum absolute atomic E-state index is 0.0111. The largest absolute Gasteiger partial charge is 0.411 e. The summed E-state index contributed by atoms with van der Waals surface area (Å²) in [5.74, 6) is 0. The van der Waals surface area contributed by atoms with Crippen molar-refractivity contribution in [2.45, 2.75) is 31.3 Å². The summed E-state index contributed by atoms with van der Waals surface area (Å²) in [6, 6.07) is 5.97. The van der Waals surface area contributed by atoms with Gasteiger partial charge in [0.25, 0.3) is 10.0 Å². The van der Waals surface area contributed by atoms with Crippen LogP contribution in [0.15, 0.2) is 41.4 Å². The Labute approximate surface area is 116 Å². The van der Waals surface area contributed by atoms with Crippen LogP contribution in [0.1, 0.15) is 18.9 Å². The van der Waals surface area contributed by atoms with Crippen LogP contribution in [0.25, 0.3) is 0 Å². The van der Waals surface area contributed by atoms with Crippen molar-refractivity contribution in [3.05, 3.63) is 42.1 Å². The molecule has 112 valence electrons. The molecule has 0 radical (unpaired) electrons. The molecule has 0 unspecified atom stereocenters. The van der Waals surface area contributed by atoms with E-state index < -0.39 is 16.2 Å². The SMILES string of the molecule is CCCN(/C=C\C(F)(F)F)S(=O)(=O)c1ccc(C)cc1. The lowest BCUT2D eigenvalue weighted by Gasteiger charge is -2.20. The second kappa shape index (κ2) is 6.30. The highest BCUT2D eigenvalue weighted by Crippen LogP contribution is 2.20. The summed E-state index contributed by atoms with van der Waals surface area (Å²) in [7, 11) is -3.96. The monoisotopic (exact) mass is 307 g/mol. The molecular weight excluding hydrogens is 291 g/mol. The third-order valence-corrected chi connectivity index (χ3v) is 4.29. The van der Waals surface area contributed by atoms with Crippen molar-refractivity contribution >= 4 is 10.0 Å². The molecule has 0 N–H and O–H groups in total. The van der Waals surface area contributed by atoms with Gasteiger partial charge in [-0.3, -0.25) is 4.31 Å². The van der Waals surface area contributed by atoms with E-state index in [9.17, 15) is 21.6 Å². The lowest BCUT2D eigenvalue weighted by molar-refractivity contribution is -0.0804. The van der Waals surface area contributed by atoms with Crippen LogP contribution in [-0.2, 0) is 10.0 Å². The molecule has 0 aliphatic rings. The third-order valence-electron chi connectivity index (χ3n) is 2.50. The van der Waals surface area contributed by atoms with Crippen LogP contribution >= 0.6 is 0 Å². The van der Waals surface area contributed by atoms with Crippen molar-refractivity contribution in [3.8, 4) is 0 Å².